The highest BCUT2D eigenvalue weighted by Gasteiger charge is 2.17. The summed E-state index contributed by atoms with van der Waals surface area (Å²) in [6, 6.07) is 5.22. The van der Waals surface area contributed by atoms with Crippen molar-refractivity contribution in [2.75, 3.05) is 18.1 Å². The van der Waals surface area contributed by atoms with Crippen molar-refractivity contribution in [3.05, 3.63) is 21.3 Å². The molecule has 0 unspecified atom stereocenters. The first-order valence-electron chi connectivity index (χ1n) is 5.96. The van der Waals surface area contributed by atoms with Crippen LogP contribution in [0, 0.1) is 14.9 Å². The number of benzene rings is 1. The number of nitrogen functional groups attached to an aromatic ring is 2. The second-order valence-corrected chi connectivity index (χ2v) is 5.20. The van der Waals surface area contributed by atoms with E-state index in [4.69, 9.17) is 16.2 Å². The van der Waals surface area contributed by atoms with Gasteiger partial charge in [0.25, 0.3) is 0 Å². The predicted molar refractivity (Wildman–Crippen MR) is 86.6 cm³/mol. The third-order valence-corrected chi connectivity index (χ3v) is 3.49. The number of phenolic OH excluding ortho intramolecular Hbond substituents is 1. The molecule has 2 rings (SSSR count). The van der Waals surface area contributed by atoms with Crippen molar-refractivity contribution in [1.29, 1.82) is 5.26 Å². The van der Waals surface area contributed by atoms with Crippen LogP contribution in [0.1, 0.15) is 12.5 Å². The van der Waals surface area contributed by atoms with Gasteiger partial charge in [-0.05, 0) is 41.6 Å². The predicted octanol–water partition coefficient (Wildman–Crippen LogP) is 1.89. The zero-order chi connectivity index (χ0) is 15.6. The van der Waals surface area contributed by atoms with Gasteiger partial charge in [0.15, 0.2) is 11.5 Å². The number of aromatic hydroxyl groups is 1. The summed E-state index contributed by atoms with van der Waals surface area (Å²) in [5.41, 5.74) is 12.3. The highest BCUT2D eigenvalue weighted by atomic mass is 127. The minimum Gasteiger partial charge on any atom is -0.504 e. The first-order valence-corrected chi connectivity index (χ1v) is 7.04. The number of nitriles is 1. The molecule has 0 radical (unpaired) electrons. The number of rotatable bonds is 3. The van der Waals surface area contributed by atoms with E-state index in [1.54, 1.807) is 19.1 Å². The zero-order valence-corrected chi connectivity index (χ0v) is 13.2. The highest BCUT2D eigenvalue weighted by molar-refractivity contribution is 14.1. The summed E-state index contributed by atoms with van der Waals surface area (Å²) in [5.74, 6) is 0.331. The van der Waals surface area contributed by atoms with Gasteiger partial charge in [-0.15, -0.1) is 0 Å². The van der Waals surface area contributed by atoms with Crippen LogP contribution in [-0.2, 0) is 0 Å². The average Bonchev–Trinajstić information content (AvgIpc) is 2.43. The summed E-state index contributed by atoms with van der Waals surface area (Å²) in [5, 5.41) is 19.2. The van der Waals surface area contributed by atoms with E-state index in [9.17, 15) is 10.4 Å². The third kappa shape index (κ3) is 2.92. The Bertz CT molecular complexity index is 742. The third-order valence-electron chi connectivity index (χ3n) is 2.67. The minimum absolute atomic E-state index is 0.0149. The molecule has 8 heteroatoms. The Balaban J connectivity index is 2.70. The second-order valence-electron chi connectivity index (χ2n) is 4.04. The van der Waals surface area contributed by atoms with Crippen molar-refractivity contribution >= 4 is 34.4 Å². The molecule has 0 saturated heterocycles. The van der Waals surface area contributed by atoms with Gasteiger partial charge in [-0.25, -0.2) is 4.98 Å². The van der Waals surface area contributed by atoms with Gasteiger partial charge in [-0.2, -0.15) is 10.2 Å². The Hall–Kier alpha value is -2.28. The average molecular weight is 397 g/mol. The van der Waals surface area contributed by atoms with Crippen LogP contribution >= 0.6 is 22.6 Å². The maximum Gasteiger partial charge on any atom is 0.222 e. The molecule has 0 spiro atoms. The lowest BCUT2D eigenvalue weighted by Gasteiger charge is -2.11. The lowest BCUT2D eigenvalue weighted by Crippen LogP contribution is -2.05. The number of ether oxygens (including phenoxy) is 1. The molecule has 1 aromatic heterocycles. The Labute approximate surface area is 134 Å². The van der Waals surface area contributed by atoms with E-state index in [1.807, 2.05) is 28.7 Å². The zero-order valence-electron chi connectivity index (χ0n) is 11.1. The highest BCUT2D eigenvalue weighted by Crippen LogP contribution is 2.37. The Kier molecular flexibility index (Phi) is 4.32. The van der Waals surface area contributed by atoms with Crippen LogP contribution in [0.2, 0.25) is 0 Å². The number of halogens is 1. The van der Waals surface area contributed by atoms with E-state index in [2.05, 4.69) is 9.97 Å². The van der Waals surface area contributed by atoms with Gasteiger partial charge in [-0.1, -0.05) is 0 Å². The molecular weight excluding hydrogens is 385 g/mol. The quantitative estimate of drug-likeness (QED) is 0.674. The fourth-order valence-corrected chi connectivity index (χ4v) is 2.39. The lowest BCUT2D eigenvalue weighted by atomic mass is 10.1. The Morgan fingerprint density at radius 1 is 1.38 bits per heavy atom. The fraction of sp³-hybridized carbons (Fsp3) is 0.154. The van der Waals surface area contributed by atoms with Crippen LogP contribution in [0.3, 0.4) is 0 Å². The molecule has 2 aromatic rings. The molecule has 0 amide bonds. The maximum atomic E-state index is 9.96. The second kappa shape index (κ2) is 6.01. The van der Waals surface area contributed by atoms with Crippen molar-refractivity contribution in [3.63, 3.8) is 0 Å². The molecule has 108 valence electrons. The standard InChI is InChI=1S/C13H12IN5O2/c1-2-21-9-4-6(3-8(14)11(9)20)10-7(5-15)12(16)19-13(17)18-10/h3-4,20H,2H2,1H3,(H4,16,17,18,19). The number of nitrogens with two attached hydrogens (primary N) is 2. The normalized spacial score (nSPS) is 10.1. The Morgan fingerprint density at radius 3 is 2.71 bits per heavy atom. The molecule has 0 fully saturated rings. The molecule has 0 aliphatic rings. The van der Waals surface area contributed by atoms with E-state index in [0.717, 1.165) is 0 Å². The van der Waals surface area contributed by atoms with E-state index in [0.29, 0.717) is 27.2 Å². The lowest BCUT2D eigenvalue weighted by molar-refractivity contribution is 0.317. The van der Waals surface area contributed by atoms with Gasteiger partial charge in [-0.3, -0.25) is 0 Å². The summed E-state index contributed by atoms with van der Waals surface area (Å²) in [7, 11) is 0. The van der Waals surface area contributed by atoms with Crippen molar-refractivity contribution in [2.24, 2.45) is 0 Å². The van der Waals surface area contributed by atoms with Crippen LogP contribution in [0.15, 0.2) is 12.1 Å². The first kappa shape index (κ1) is 15.1. The number of nitrogens with zero attached hydrogens (tertiary/aromatic N) is 3. The summed E-state index contributed by atoms with van der Waals surface area (Å²) in [6.45, 7) is 2.20. The molecule has 5 N–H and O–H groups in total. The van der Waals surface area contributed by atoms with Gasteiger partial charge in [0.2, 0.25) is 5.95 Å². The van der Waals surface area contributed by atoms with Crippen molar-refractivity contribution in [2.45, 2.75) is 6.92 Å². The molecule has 1 aromatic carbocycles. The van der Waals surface area contributed by atoms with E-state index >= 15 is 0 Å². The van der Waals surface area contributed by atoms with Crippen LogP contribution in [0.5, 0.6) is 11.5 Å². The number of anilines is 2. The molecule has 0 saturated carbocycles. The summed E-state index contributed by atoms with van der Waals surface area (Å²) in [4.78, 5) is 7.84. The summed E-state index contributed by atoms with van der Waals surface area (Å²) in [6.07, 6.45) is 0. The van der Waals surface area contributed by atoms with Crippen molar-refractivity contribution in [3.8, 4) is 28.8 Å². The van der Waals surface area contributed by atoms with Crippen LogP contribution < -0.4 is 16.2 Å². The van der Waals surface area contributed by atoms with E-state index < -0.39 is 0 Å². The number of hydrogen-bond donors (Lipinski definition) is 3. The van der Waals surface area contributed by atoms with Gasteiger partial charge in [0.05, 0.1) is 15.9 Å². The van der Waals surface area contributed by atoms with Crippen LogP contribution in [-0.4, -0.2) is 21.7 Å². The van der Waals surface area contributed by atoms with Crippen molar-refractivity contribution in [1.82, 2.24) is 9.97 Å². The molecule has 0 aliphatic carbocycles. The minimum atomic E-state index is -0.0254. The van der Waals surface area contributed by atoms with Gasteiger partial charge in [0.1, 0.15) is 17.5 Å². The number of aromatic nitrogens is 2. The van der Waals surface area contributed by atoms with E-state index in [-0.39, 0.29) is 23.1 Å². The topological polar surface area (TPSA) is 131 Å². The number of hydrogen-bond acceptors (Lipinski definition) is 7. The molecule has 0 bridgehead atoms. The van der Waals surface area contributed by atoms with Crippen LogP contribution in [0.4, 0.5) is 11.8 Å². The summed E-state index contributed by atoms with van der Waals surface area (Å²) < 4.78 is 5.93. The fourth-order valence-electron chi connectivity index (χ4n) is 1.79. The molecule has 7 nitrogen and oxygen atoms in total. The van der Waals surface area contributed by atoms with Gasteiger partial charge in [0, 0.05) is 5.56 Å². The number of phenols is 1. The molecule has 1 heterocycles. The van der Waals surface area contributed by atoms with Crippen LogP contribution in [0.25, 0.3) is 11.3 Å². The smallest absolute Gasteiger partial charge is 0.222 e. The maximum absolute atomic E-state index is 9.96. The van der Waals surface area contributed by atoms with Gasteiger partial charge >= 0.3 is 0 Å². The molecular formula is C13H12IN5O2. The summed E-state index contributed by atoms with van der Waals surface area (Å²) >= 11 is 1.96. The molecule has 21 heavy (non-hydrogen) atoms. The Morgan fingerprint density at radius 2 is 2.10 bits per heavy atom. The van der Waals surface area contributed by atoms with Gasteiger partial charge < -0.3 is 21.3 Å². The monoisotopic (exact) mass is 397 g/mol. The first-order chi connectivity index (χ1) is 9.97. The van der Waals surface area contributed by atoms with Crippen molar-refractivity contribution < 1.29 is 9.84 Å². The largest absolute Gasteiger partial charge is 0.504 e. The molecule has 0 aliphatic heterocycles. The molecule has 0 atom stereocenters. The SMILES string of the molecule is CCOc1cc(-c2nc(N)nc(N)c2C#N)cc(I)c1O. The van der Waals surface area contributed by atoms with E-state index in [1.165, 1.54) is 0 Å².